The third-order valence-corrected chi connectivity index (χ3v) is 4.17. The van der Waals surface area contributed by atoms with Crippen LogP contribution in [0.2, 0.25) is 0 Å². The summed E-state index contributed by atoms with van der Waals surface area (Å²) in [4.78, 5) is 12.5. The maximum absolute atomic E-state index is 14.6. The molecule has 3 rings (SSSR count). The van der Waals surface area contributed by atoms with Crippen molar-refractivity contribution in [2.24, 2.45) is 0 Å². The number of hydrogen-bond acceptors (Lipinski definition) is 6. The molecule has 0 amide bonds. The average molecular weight is 462 g/mol. The summed E-state index contributed by atoms with van der Waals surface area (Å²) >= 11 is 0. The summed E-state index contributed by atoms with van der Waals surface area (Å²) in [5.41, 5.74) is -0.699. The number of rotatable bonds is 4. The number of ether oxygens (including phenoxy) is 2. The van der Waals surface area contributed by atoms with Crippen LogP contribution in [0.4, 0.5) is 26.3 Å². The van der Waals surface area contributed by atoms with E-state index in [1.807, 2.05) is 0 Å². The standard InChI is InChI=1S/C20H12F6O6/c1-5(2)31-19-16(26)12(22)9-10(13(23)15(25)14(24)11(9)21)18(19)32-20(30)6-3-7(27)17(29)8(28)4-6/h3-5,27-29H,1-2H3. The van der Waals surface area contributed by atoms with Crippen LogP contribution in [0, 0.1) is 34.9 Å². The number of halogens is 6. The highest BCUT2D eigenvalue weighted by Gasteiger charge is 2.33. The number of benzene rings is 3. The molecule has 6 nitrogen and oxygen atoms in total. The summed E-state index contributed by atoms with van der Waals surface area (Å²) < 4.78 is 95.1. The summed E-state index contributed by atoms with van der Waals surface area (Å²) in [6, 6.07) is 1.17. The number of fused-ring (bicyclic) bond motifs is 1. The summed E-state index contributed by atoms with van der Waals surface area (Å²) in [5.74, 6) is -20.6. The highest BCUT2D eigenvalue weighted by molar-refractivity contribution is 5.98. The highest BCUT2D eigenvalue weighted by Crippen LogP contribution is 2.45. The zero-order valence-electron chi connectivity index (χ0n) is 16.1. The number of phenolic OH excluding ortho intramolecular Hbond substituents is 3. The van der Waals surface area contributed by atoms with E-state index in [2.05, 4.69) is 0 Å². The molecule has 3 aromatic rings. The second-order valence-corrected chi connectivity index (χ2v) is 6.71. The number of carbonyl (C=O) groups is 1. The molecule has 0 aliphatic heterocycles. The average Bonchev–Trinajstić information content (AvgIpc) is 2.73. The molecular formula is C20H12F6O6. The second-order valence-electron chi connectivity index (χ2n) is 6.71. The zero-order chi connectivity index (χ0) is 24.1. The molecule has 0 saturated carbocycles. The molecule has 0 saturated heterocycles. The SMILES string of the molecule is CC(C)Oc1c(F)c(F)c2c(F)c(F)c(F)c(F)c2c1OC(=O)c1cc(O)c(O)c(O)c1. The van der Waals surface area contributed by atoms with E-state index in [9.17, 15) is 46.5 Å². The Hall–Kier alpha value is -3.83. The molecule has 0 aliphatic rings. The first kappa shape index (κ1) is 22.8. The van der Waals surface area contributed by atoms with Crippen LogP contribution in [0.15, 0.2) is 12.1 Å². The minimum absolute atomic E-state index is 0.583. The van der Waals surface area contributed by atoms with Crippen LogP contribution >= 0.6 is 0 Å². The molecule has 0 aliphatic carbocycles. The summed E-state index contributed by atoms with van der Waals surface area (Å²) in [7, 11) is 0. The minimum Gasteiger partial charge on any atom is -0.504 e. The molecule has 0 atom stereocenters. The Bertz CT molecular complexity index is 1250. The van der Waals surface area contributed by atoms with Crippen molar-refractivity contribution in [2.45, 2.75) is 20.0 Å². The Morgan fingerprint density at radius 3 is 1.72 bits per heavy atom. The molecule has 0 aromatic heterocycles. The van der Waals surface area contributed by atoms with E-state index >= 15 is 0 Å². The number of phenols is 3. The van der Waals surface area contributed by atoms with Gasteiger partial charge in [0.05, 0.1) is 22.4 Å². The highest BCUT2D eigenvalue weighted by atomic mass is 19.2. The van der Waals surface area contributed by atoms with Gasteiger partial charge in [-0.25, -0.2) is 26.7 Å². The molecule has 0 spiro atoms. The van der Waals surface area contributed by atoms with Gasteiger partial charge in [-0.1, -0.05) is 0 Å². The van der Waals surface area contributed by atoms with Gasteiger partial charge in [0.15, 0.2) is 52.1 Å². The van der Waals surface area contributed by atoms with Crippen LogP contribution in [0.1, 0.15) is 24.2 Å². The Morgan fingerprint density at radius 1 is 0.750 bits per heavy atom. The zero-order valence-corrected chi connectivity index (χ0v) is 16.1. The number of esters is 1. The Morgan fingerprint density at radius 2 is 1.22 bits per heavy atom. The molecule has 12 heteroatoms. The van der Waals surface area contributed by atoms with E-state index in [0.717, 1.165) is 0 Å². The van der Waals surface area contributed by atoms with E-state index in [0.29, 0.717) is 12.1 Å². The van der Waals surface area contributed by atoms with Gasteiger partial charge in [-0.2, -0.15) is 4.39 Å². The first-order chi connectivity index (χ1) is 14.9. The van der Waals surface area contributed by atoms with Gasteiger partial charge in [-0.05, 0) is 26.0 Å². The van der Waals surface area contributed by atoms with Crippen molar-refractivity contribution in [1.82, 2.24) is 0 Å². The number of carbonyl (C=O) groups excluding carboxylic acids is 1. The van der Waals surface area contributed by atoms with Crippen LogP contribution in [0.5, 0.6) is 28.7 Å². The van der Waals surface area contributed by atoms with Crippen molar-refractivity contribution in [1.29, 1.82) is 0 Å². The van der Waals surface area contributed by atoms with Gasteiger partial charge in [0.1, 0.15) is 0 Å². The molecule has 0 unspecified atom stereocenters. The fourth-order valence-electron chi connectivity index (χ4n) is 2.79. The molecular weight excluding hydrogens is 450 g/mol. The van der Waals surface area contributed by atoms with Crippen molar-refractivity contribution in [3.63, 3.8) is 0 Å². The predicted octanol–water partition coefficient (Wildman–Crippen LogP) is 4.80. The van der Waals surface area contributed by atoms with Gasteiger partial charge in [-0.15, -0.1) is 0 Å². The quantitative estimate of drug-likeness (QED) is 0.129. The smallest absolute Gasteiger partial charge is 0.343 e. The first-order valence-corrected chi connectivity index (χ1v) is 8.67. The van der Waals surface area contributed by atoms with Crippen LogP contribution < -0.4 is 9.47 Å². The fourth-order valence-corrected chi connectivity index (χ4v) is 2.79. The number of aromatic hydroxyl groups is 3. The third-order valence-electron chi connectivity index (χ3n) is 4.17. The van der Waals surface area contributed by atoms with Gasteiger partial charge in [0.25, 0.3) is 0 Å². The second kappa shape index (κ2) is 8.02. The lowest BCUT2D eigenvalue weighted by Gasteiger charge is -2.19. The molecule has 0 radical (unpaired) electrons. The summed E-state index contributed by atoms with van der Waals surface area (Å²) in [5, 5.41) is 25.2. The van der Waals surface area contributed by atoms with Crippen LogP contribution in [-0.4, -0.2) is 27.4 Å². The summed E-state index contributed by atoms with van der Waals surface area (Å²) in [6.45, 7) is 2.62. The van der Waals surface area contributed by atoms with E-state index in [-0.39, 0.29) is 0 Å². The Labute approximate surface area is 174 Å². The molecule has 0 heterocycles. The topological polar surface area (TPSA) is 96.2 Å². The maximum atomic E-state index is 14.6. The van der Waals surface area contributed by atoms with E-state index in [4.69, 9.17) is 9.47 Å². The largest absolute Gasteiger partial charge is 0.504 e. The number of hydrogen-bond donors (Lipinski definition) is 3. The van der Waals surface area contributed by atoms with Crippen LogP contribution in [0.25, 0.3) is 10.8 Å². The van der Waals surface area contributed by atoms with Crippen LogP contribution in [-0.2, 0) is 0 Å². The maximum Gasteiger partial charge on any atom is 0.343 e. The van der Waals surface area contributed by atoms with Gasteiger partial charge in [-0.3, -0.25) is 0 Å². The minimum atomic E-state index is -2.43. The predicted molar refractivity (Wildman–Crippen MR) is 95.9 cm³/mol. The lowest BCUT2D eigenvalue weighted by atomic mass is 10.0. The van der Waals surface area contributed by atoms with Gasteiger partial charge in [0.2, 0.25) is 11.6 Å². The van der Waals surface area contributed by atoms with E-state index in [1.54, 1.807) is 0 Å². The molecule has 32 heavy (non-hydrogen) atoms. The van der Waals surface area contributed by atoms with Crippen LogP contribution in [0.3, 0.4) is 0 Å². The summed E-state index contributed by atoms with van der Waals surface area (Å²) in [6.07, 6.45) is -0.946. The molecule has 0 fully saturated rings. The van der Waals surface area contributed by atoms with Crippen molar-refractivity contribution < 1.29 is 55.9 Å². The molecule has 170 valence electrons. The van der Waals surface area contributed by atoms with Crippen molar-refractivity contribution in [3.05, 3.63) is 52.6 Å². The molecule has 0 bridgehead atoms. The first-order valence-electron chi connectivity index (χ1n) is 8.67. The Kier molecular flexibility index (Phi) is 5.73. The van der Waals surface area contributed by atoms with Gasteiger partial charge in [0, 0.05) is 0 Å². The Balaban J connectivity index is 2.35. The lowest BCUT2D eigenvalue weighted by molar-refractivity contribution is 0.0724. The third kappa shape index (κ3) is 3.57. The van der Waals surface area contributed by atoms with Crippen molar-refractivity contribution >= 4 is 16.7 Å². The van der Waals surface area contributed by atoms with Crippen molar-refractivity contribution in [3.8, 4) is 28.7 Å². The van der Waals surface area contributed by atoms with E-state index < -0.39 is 92.1 Å². The van der Waals surface area contributed by atoms with Gasteiger partial charge >= 0.3 is 5.97 Å². The monoisotopic (exact) mass is 462 g/mol. The molecule has 3 N–H and O–H groups in total. The van der Waals surface area contributed by atoms with E-state index in [1.165, 1.54) is 13.8 Å². The fraction of sp³-hybridized carbons (Fsp3) is 0.150. The molecule has 3 aromatic carbocycles. The normalized spacial score (nSPS) is 11.3. The van der Waals surface area contributed by atoms with Crippen molar-refractivity contribution in [2.75, 3.05) is 0 Å². The van der Waals surface area contributed by atoms with Gasteiger partial charge < -0.3 is 24.8 Å². The lowest BCUT2D eigenvalue weighted by Crippen LogP contribution is -2.15.